The zero-order chi connectivity index (χ0) is 13.7. The van der Waals surface area contributed by atoms with Crippen molar-refractivity contribution in [2.75, 3.05) is 19.0 Å². The Morgan fingerprint density at radius 1 is 1.11 bits per heavy atom. The van der Waals surface area contributed by atoms with Crippen molar-refractivity contribution in [3.05, 3.63) is 65.5 Å². The third kappa shape index (κ3) is 3.32. The quantitative estimate of drug-likeness (QED) is 0.878. The Morgan fingerprint density at radius 3 is 2.53 bits per heavy atom. The first-order chi connectivity index (χ1) is 9.22. The first-order valence-corrected chi connectivity index (χ1v) is 6.28. The second-order valence-electron chi connectivity index (χ2n) is 4.48. The molecule has 19 heavy (non-hydrogen) atoms. The molecule has 0 radical (unpaired) electrons. The van der Waals surface area contributed by atoms with E-state index in [1.807, 2.05) is 36.4 Å². The van der Waals surface area contributed by atoms with E-state index in [2.05, 4.69) is 5.32 Å². The molecule has 3 heteroatoms. The summed E-state index contributed by atoms with van der Waals surface area (Å²) in [7, 11) is 1.66. The van der Waals surface area contributed by atoms with Crippen LogP contribution in [0, 0.1) is 12.7 Å². The normalized spacial score (nSPS) is 12.2. The molecule has 0 aromatic heterocycles. The van der Waals surface area contributed by atoms with Gasteiger partial charge in [0.1, 0.15) is 5.82 Å². The van der Waals surface area contributed by atoms with Gasteiger partial charge < -0.3 is 10.1 Å². The Balaban J connectivity index is 2.24. The maximum absolute atomic E-state index is 13.5. The smallest absolute Gasteiger partial charge is 0.128 e. The van der Waals surface area contributed by atoms with Gasteiger partial charge in [-0.05, 0) is 24.6 Å². The number of hydrogen-bond acceptors (Lipinski definition) is 2. The molecular weight excluding hydrogens is 241 g/mol. The van der Waals surface area contributed by atoms with Crippen LogP contribution in [0.25, 0.3) is 0 Å². The summed E-state index contributed by atoms with van der Waals surface area (Å²) in [4.78, 5) is 0. The fraction of sp³-hybridized carbons (Fsp3) is 0.250. The maximum Gasteiger partial charge on any atom is 0.128 e. The third-order valence-corrected chi connectivity index (χ3v) is 3.13. The van der Waals surface area contributed by atoms with Crippen molar-refractivity contribution in [2.45, 2.75) is 13.0 Å². The summed E-state index contributed by atoms with van der Waals surface area (Å²) in [6.07, 6.45) is 0. The van der Waals surface area contributed by atoms with Crippen molar-refractivity contribution in [1.82, 2.24) is 0 Å². The number of benzene rings is 2. The van der Waals surface area contributed by atoms with E-state index in [1.54, 1.807) is 20.1 Å². The van der Waals surface area contributed by atoms with Crippen molar-refractivity contribution in [3.8, 4) is 0 Å². The van der Waals surface area contributed by atoms with E-state index in [9.17, 15) is 4.39 Å². The molecular formula is C16H18FNO. The van der Waals surface area contributed by atoms with Crippen molar-refractivity contribution in [2.24, 2.45) is 0 Å². The lowest BCUT2D eigenvalue weighted by molar-refractivity contribution is 0.186. The molecule has 1 N–H and O–H groups in total. The first-order valence-electron chi connectivity index (χ1n) is 6.28. The minimum Gasteiger partial charge on any atom is -0.382 e. The van der Waals surface area contributed by atoms with Crippen molar-refractivity contribution in [1.29, 1.82) is 0 Å². The van der Waals surface area contributed by atoms with E-state index in [4.69, 9.17) is 4.74 Å². The zero-order valence-corrected chi connectivity index (χ0v) is 11.2. The fourth-order valence-corrected chi connectivity index (χ4v) is 2.02. The average molecular weight is 259 g/mol. The average Bonchev–Trinajstić information content (AvgIpc) is 2.44. The Hall–Kier alpha value is -1.87. The SMILES string of the molecule is COCC(Nc1cccc(F)c1C)c1ccccc1. The molecule has 2 nitrogen and oxygen atoms in total. The van der Waals surface area contributed by atoms with Crippen LogP contribution in [-0.4, -0.2) is 13.7 Å². The Morgan fingerprint density at radius 2 is 1.84 bits per heavy atom. The van der Waals surface area contributed by atoms with E-state index in [0.717, 1.165) is 11.3 Å². The van der Waals surface area contributed by atoms with Crippen molar-refractivity contribution >= 4 is 5.69 Å². The van der Waals surface area contributed by atoms with Crippen LogP contribution in [-0.2, 0) is 4.74 Å². The third-order valence-electron chi connectivity index (χ3n) is 3.13. The minimum absolute atomic E-state index is 0.00620. The molecule has 0 bridgehead atoms. The van der Waals surface area contributed by atoms with Gasteiger partial charge in [0.05, 0.1) is 12.6 Å². The summed E-state index contributed by atoms with van der Waals surface area (Å²) >= 11 is 0. The molecule has 0 saturated carbocycles. The molecule has 2 aromatic rings. The van der Waals surface area contributed by atoms with Gasteiger partial charge in [-0.2, -0.15) is 0 Å². The second-order valence-corrected chi connectivity index (χ2v) is 4.48. The molecule has 1 atom stereocenters. The van der Waals surface area contributed by atoms with E-state index in [-0.39, 0.29) is 11.9 Å². The van der Waals surface area contributed by atoms with E-state index >= 15 is 0 Å². The van der Waals surface area contributed by atoms with Crippen LogP contribution in [0.3, 0.4) is 0 Å². The molecule has 0 aliphatic carbocycles. The second kappa shape index (κ2) is 6.34. The number of methoxy groups -OCH3 is 1. The Kier molecular flexibility index (Phi) is 4.53. The molecule has 2 aromatic carbocycles. The maximum atomic E-state index is 13.5. The van der Waals surface area contributed by atoms with Gasteiger partial charge in [0.2, 0.25) is 0 Å². The molecule has 0 aliphatic heterocycles. The van der Waals surface area contributed by atoms with Gasteiger partial charge in [0.15, 0.2) is 0 Å². The highest BCUT2D eigenvalue weighted by atomic mass is 19.1. The van der Waals surface area contributed by atoms with Crippen LogP contribution in [0.2, 0.25) is 0 Å². The number of hydrogen-bond donors (Lipinski definition) is 1. The molecule has 2 rings (SSSR count). The number of ether oxygens (including phenoxy) is 1. The lowest BCUT2D eigenvalue weighted by Gasteiger charge is -2.21. The summed E-state index contributed by atoms with van der Waals surface area (Å²) in [6.45, 7) is 2.30. The number of anilines is 1. The molecule has 0 aliphatic rings. The van der Waals surface area contributed by atoms with Gasteiger partial charge in [0.25, 0.3) is 0 Å². The topological polar surface area (TPSA) is 21.3 Å². The van der Waals surface area contributed by atoms with Crippen molar-refractivity contribution in [3.63, 3.8) is 0 Å². The van der Waals surface area contributed by atoms with E-state index in [0.29, 0.717) is 12.2 Å². The minimum atomic E-state index is -0.200. The highest BCUT2D eigenvalue weighted by Crippen LogP contribution is 2.24. The monoisotopic (exact) mass is 259 g/mol. The molecule has 0 fully saturated rings. The van der Waals surface area contributed by atoms with E-state index < -0.39 is 0 Å². The lowest BCUT2D eigenvalue weighted by atomic mass is 10.1. The van der Waals surface area contributed by atoms with Gasteiger partial charge in [-0.25, -0.2) is 4.39 Å². The Bertz CT molecular complexity index is 528. The van der Waals surface area contributed by atoms with Crippen LogP contribution in [0.5, 0.6) is 0 Å². The number of rotatable bonds is 5. The highest BCUT2D eigenvalue weighted by molar-refractivity contribution is 5.52. The van der Waals surface area contributed by atoms with Crippen LogP contribution in [0.15, 0.2) is 48.5 Å². The first kappa shape index (κ1) is 13.6. The molecule has 100 valence electrons. The zero-order valence-electron chi connectivity index (χ0n) is 11.2. The van der Waals surface area contributed by atoms with Gasteiger partial charge in [-0.3, -0.25) is 0 Å². The standard InChI is InChI=1S/C16H18FNO/c1-12-14(17)9-6-10-15(12)18-16(11-19-2)13-7-4-3-5-8-13/h3-10,16,18H,11H2,1-2H3. The summed E-state index contributed by atoms with van der Waals surface area (Å²) in [5.74, 6) is -0.200. The molecule has 0 amide bonds. The van der Waals surface area contributed by atoms with E-state index in [1.165, 1.54) is 6.07 Å². The summed E-state index contributed by atoms with van der Waals surface area (Å²) in [6, 6.07) is 15.1. The lowest BCUT2D eigenvalue weighted by Crippen LogP contribution is -2.17. The largest absolute Gasteiger partial charge is 0.382 e. The van der Waals surface area contributed by atoms with Crippen LogP contribution in [0.4, 0.5) is 10.1 Å². The number of halogens is 1. The number of nitrogens with one attached hydrogen (secondary N) is 1. The predicted molar refractivity (Wildman–Crippen MR) is 75.8 cm³/mol. The van der Waals surface area contributed by atoms with Gasteiger partial charge in [-0.15, -0.1) is 0 Å². The summed E-state index contributed by atoms with van der Waals surface area (Å²) in [5.41, 5.74) is 2.54. The Labute approximate surface area is 113 Å². The molecule has 1 unspecified atom stereocenters. The van der Waals surface area contributed by atoms with Gasteiger partial charge in [0, 0.05) is 18.4 Å². The van der Waals surface area contributed by atoms with Crippen LogP contribution in [0.1, 0.15) is 17.2 Å². The molecule has 0 saturated heterocycles. The predicted octanol–water partition coefficient (Wildman–Crippen LogP) is 3.93. The fourth-order valence-electron chi connectivity index (χ4n) is 2.02. The highest BCUT2D eigenvalue weighted by Gasteiger charge is 2.13. The van der Waals surface area contributed by atoms with Crippen LogP contribution >= 0.6 is 0 Å². The summed E-state index contributed by atoms with van der Waals surface area (Å²) in [5, 5.41) is 3.34. The van der Waals surface area contributed by atoms with Gasteiger partial charge in [-0.1, -0.05) is 36.4 Å². The van der Waals surface area contributed by atoms with Crippen molar-refractivity contribution < 1.29 is 9.13 Å². The van der Waals surface area contributed by atoms with Crippen LogP contribution < -0.4 is 5.32 Å². The van der Waals surface area contributed by atoms with Gasteiger partial charge >= 0.3 is 0 Å². The molecule has 0 spiro atoms. The molecule has 0 heterocycles. The summed E-state index contributed by atoms with van der Waals surface area (Å²) < 4.78 is 18.8.